The van der Waals surface area contributed by atoms with E-state index in [4.69, 9.17) is 25.8 Å². The summed E-state index contributed by atoms with van der Waals surface area (Å²) in [5.41, 5.74) is 1.52. The van der Waals surface area contributed by atoms with Crippen molar-refractivity contribution in [3.05, 3.63) is 38.0 Å². The SMILES string of the molecule is CCOC(=O)c1cc(Cl)c2cc(I)cc(C3(C)OCCO3)c2n1. The Morgan fingerprint density at radius 1 is 1.39 bits per heavy atom. The van der Waals surface area contributed by atoms with Crippen LogP contribution in [0.5, 0.6) is 0 Å². The summed E-state index contributed by atoms with van der Waals surface area (Å²) in [5.74, 6) is -1.40. The Morgan fingerprint density at radius 2 is 2.09 bits per heavy atom. The molecule has 7 heteroatoms. The lowest BCUT2D eigenvalue weighted by Gasteiger charge is -2.24. The fourth-order valence-electron chi connectivity index (χ4n) is 2.58. The van der Waals surface area contributed by atoms with Gasteiger partial charge in [0.2, 0.25) is 0 Å². The zero-order valence-corrected chi connectivity index (χ0v) is 15.6. The Balaban J connectivity index is 2.24. The summed E-state index contributed by atoms with van der Waals surface area (Å²) in [4.78, 5) is 16.5. The number of fused-ring (bicyclic) bond motifs is 1. The summed E-state index contributed by atoms with van der Waals surface area (Å²) < 4.78 is 17.5. The van der Waals surface area contributed by atoms with Crippen LogP contribution in [-0.2, 0) is 20.0 Å². The number of carbonyl (C=O) groups is 1. The second-order valence-electron chi connectivity index (χ2n) is 5.20. The number of carbonyl (C=O) groups excluding carboxylic acids is 1. The molecule has 0 bridgehead atoms. The number of aromatic nitrogens is 1. The van der Waals surface area contributed by atoms with Gasteiger partial charge in [-0.25, -0.2) is 9.78 Å². The lowest BCUT2D eigenvalue weighted by atomic mass is 10.0. The zero-order valence-electron chi connectivity index (χ0n) is 12.7. The van der Waals surface area contributed by atoms with E-state index in [9.17, 15) is 4.79 Å². The predicted molar refractivity (Wildman–Crippen MR) is 94.7 cm³/mol. The first-order valence-electron chi connectivity index (χ1n) is 7.20. The van der Waals surface area contributed by atoms with E-state index in [1.165, 1.54) is 6.07 Å². The minimum Gasteiger partial charge on any atom is -0.461 e. The summed E-state index contributed by atoms with van der Waals surface area (Å²) >= 11 is 8.58. The number of benzene rings is 1. The number of hydrogen-bond donors (Lipinski definition) is 0. The lowest BCUT2D eigenvalue weighted by molar-refractivity contribution is -0.148. The fraction of sp³-hybridized carbons (Fsp3) is 0.375. The first-order chi connectivity index (χ1) is 10.9. The van der Waals surface area contributed by atoms with Crippen molar-refractivity contribution in [3.63, 3.8) is 0 Å². The van der Waals surface area contributed by atoms with Crippen LogP contribution in [0, 0.1) is 3.57 Å². The van der Waals surface area contributed by atoms with Crippen molar-refractivity contribution in [1.82, 2.24) is 4.98 Å². The molecule has 0 N–H and O–H groups in total. The van der Waals surface area contributed by atoms with Crippen LogP contribution in [0.2, 0.25) is 5.02 Å². The van der Waals surface area contributed by atoms with Gasteiger partial charge in [0.1, 0.15) is 0 Å². The van der Waals surface area contributed by atoms with Gasteiger partial charge in [-0.1, -0.05) is 11.6 Å². The molecule has 0 unspecified atom stereocenters. The summed E-state index contributed by atoms with van der Waals surface area (Å²) in [6, 6.07) is 5.38. The number of esters is 1. The van der Waals surface area contributed by atoms with E-state index in [1.54, 1.807) is 6.92 Å². The van der Waals surface area contributed by atoms with Crippen LogP contribution in [0.1, 0.15) is 29.9 Å². The van der Waals surface area contributed by atoms with E-state index in [0.29, 0.717) is 23.8 Å². The molecule has 122 valence electrons. The molecular weight excluding hydrogens is 433 g/mol. The topological polar surface area (TPSA) is 57.7 Å². The fourth-order valence-corrected chi connectivity index (χ4v) is 3.45. The standard InChI is InChI=1S/C16H15ClINO4/c1-3-21-15(20)13-8-12(17)10-6-9(18)7-11(14(10)19-13)16(2)22-4-5-23-16/h6-8H,3-5H2,1-2H3. The van der Waals surface area contributed by atoms with Gasteiger partial charge in [0.05, 0.1) is 30.4 Å². The van der Waals surface area contributed by atoms with Crippen molar-refractivity contribution in [2.75, 3.05) is 19.8 Å². The van der Waals surface area contributed by atoms with Gasteiger partial charge in [0.25, 0.3) is 0 Å². The Morgan fingerprint density at radius 3 is 2.74 bits per heavy atom. The minimum absolute atomic E-state index is 0.174. The molecule has 23 heavy (non-hydrogen) atoms. The van der Waals surface area contributed by atoms with Crippen LogP contribution in [0.3, 0.4) is 0 Å². The van der Waals surface area contributed by atoms with E-state index in [1.807, 2.05) is 19.1 Å². The van der Waals surface area contributed by atoms with Gasteiger partial charge in [-0.3, -0.25) is 0 Å². The molecular formula is C16H15ClINO4. The molecule has 3 rings (SSSR count). The maximum absolute atomic E-state index is 12.0. The maximum Gasteiger partial charge on any atom is 0.356 e. The molecule has 2 aromatic rings. The summed E-state index contributed by atoms with van der Waals surface area (Å²) in [6.45, 7) is 4.89. The van der Waals surface area contributed by atoms with Gasteiger partial charge in [-0.2, -0.15) is 0 Å². The normalized spacial score (nSPS) is 16.7. The molecule has 0 spiro atoms. The molecule has 5 nitrogen and oxygen atoms in total. The smallest absolute Gasteiger partial charge is 0.356 e. The van der Waals surface area contributed by atoms with E-state index < -0.39 is 11.8 Å². The summed E-state index contributed by atoms with van der Waals surface area (Å²) in [6.07, 6.45) is 0. The highest BCUT2D eigenvalue weighted by molar-refractivity contribution is 14.1. The number of pyridine rings is 1. The van der Waals surface area contributed by atoms with Gasteiger partial charge >= 0.3 is 5.97 Å². The highest BCUT2D eigenvalue weighted by atomic mass is 127. The van der Waals surface area contributed by atoms with Gasteiger partial charge in [0, 0.05) is 14.5 Å². The van der Waals surface area contributed by atoms with Crippen LogP contribution in [0.25, 0.3) is 10.9 Å². The first kappa shape index (κ1) is 16.9. The number of ether oxygens (including phenoxy) is 3. The zero-order chi connectivity index (χ0) is 16.6. The van der Waals surface area contributed by atoms with Crippen LogP contribution in [-0.4, -0.2) is 30.8 Å². The molecule has 0 radical (unpaired) electrons. The van der Waals surface area contributed by atoms with Gasteiger partial charge in [-0.15, -0.1) is 0 Å². The number of halogens is 2. The Kier molecular flexibility index (Phi) is 4.78. The first-order valence-corrected chi connectivity index (χ1v) is 8.65. The molecule has 1 fully saturated rings. The van der Waals surface area contributed by atoms with Crippen molar-refractivity contribution in [3.8, 4) is 0 Å². The highest BCUT2D eigenvalue weighted by Crippen LogP contribution is 2.38. The van der Waals surface area contributed by atoms with Crippen molar-refractivity contribution in [2.45, 2.75) is 19.6 Å². The van der Waals surface area contributed by atoms with Crippen LogP contribution >= 0.6 is 34.2 Å². The molecule has 1 aliphatic rings. The third-order valence-electron chi connectivity index (χ3n) is 3.64. The van der Waals surface area contributed by atoms with E-state index in [0.717, 1.165) is 14.5 Å². The van der Waals surface area contributed by atoms with Gasteiger partial charge < -0.3 is 14.2 Å². The minimum atomic E-state index is -0.900. The molecule has 0 amide bonds. The van der Waals surface area contributed by atoms with Crippen molar-refractivity contribution >= 4 is 51.1 Å². The molecule has 1 aromatic heterocycles. The average Bonchev–Trinajstić information content (AvgIpc) is 2.95. The molecule has 2 heterocycles. The van der Waals surface area contributed by atoms with Crippen molar-refractivity contribution < 1.29 is 19.0 Å². The molecule has 1 aliphatic heterocycles. The Hall–Kier alpha value is -0.960. The Labute approximate surface area is 152 Å². The van der Waals surface area contributed by atoms with Crippen LogP contribution in [0.4, 0.5) is 0 Å². The molecule has 0 saturated carbocycles. The molecule has 1 saturated heterocycles. The molecule has 0 atom stereocenters. The van der Waals surface area contributed by atoms with Gasteiger partial charge in [0.15, 0.2) is 11.5 Å². The molecule has 1 aromatic carbocycles. The molecule has 0 aliphatic carbocycles. The second-order valence-corrected chi connectivity index (χ2v) is 6.85. The third kappa shape index (κ3) is 3.17. The van der Waals surface area contributed by atoms with Crippen LogP contribution in [0.15, 0.2) is 18.2 Å². The monoisotopic (exact) mass is 447 g/mol. The summed E-state index contributed by atoms with van der Waals surface area (Å²) in [7, 11) is 0. The predicted octanol–water partition coefficient (Wildman–Crippen LogP) is 3.89. The van der Waals surface area contributed by atoms with E-state index in [-0.39, 0.29) is 12.3 Å². The van der Waals surface area contributed by atoms with E-state index in [2.05, 4.69) is 27.6 Å². The largest absolute Gasteiger partial charge is 0.461 e. The van der Waals surface area contributed by atoms with Crippen molar-refractivity contribution in [2.24, 2.45) is 0 Å². The quantitative estimate of drug-likeness (QED) is 0.528. The highest BCUT2D eigenvalue weighted by Gasteiger charge is 2.36. The lowest BCUT2D eigenvalue weighted by Crippen LogP contribution is -2.23. The third-order valence-corrected chi connectivity index (χ3v) is 4.58. The Bertz CT molecular complexity index is 774. The van der Waals surface area contributed by atoms with E-state index >= 15 is 0 Å². The number of hydrogen-bond acceptors (Lipinski definition) is 5. The summed E-state index contributed by atoms with van der Waals surface area (Å²) in [5, 5.41) is 1.20. The maximum atomic E-state index is 12.0. The van der Waals surface area contributed by atoms with Crippen LogP contribution < -0.4 is 0 Å². The second kappa shape index (κ2) is 6.51. The van der Waals surface area contributed by atoms with Crippen molar-refractivity contribution in [1.29, 1.82) is 0 Å². The van der Waals surface area contributed by atoms with Gasteiger partial charge in [-0.05, 0) is 54.6 Å². The number of nitrogens with zero attached hydrogens (tertiary/aromatic N) is 1. The number of rotatable bonds is 3. The average molecular weight is 448 g/mol.